The summed E-state index contributed by atoms with van der Waals surface area (Å²) < 4.78 is 0. The summed E-state index contributed by atoms with van der Waals surface area (Å²) >= 11 is 0. The molecule has 1 unspecified atom stereocenters. The van der Waals surface area contributed by atoms with Crippen LogP contribution in [-0.4, -0.2) is 5.78 Å². The molecular weight excluding hydrogens is 138 g/mol. The maximum absolute atomic E-state index is 10.8. The number of rotatable bonds is 3. The van der Waals surface area contributed by atoms with Gasteiger partial charge in [0, 0.05) is 6.42 Å². The first-order valence-corrected chi connectivity index (χ1v) is 3.99. The van der Waals surface area contributed by atoms with E-state index in [-0.39, 0.29) is 11.2 Å². The van der Waals surface area contributed by atoms with E-state index in [0.717, 1.165) is 12.8 Å². The minimum atomic E-state index is -0.369. The van der Waals surface area contributed by atoms with Crippen molar-refractivity contribution in [2.75, 3.05) is 0 Å². The van der Waals surface area contributed by atoms with Crippen LogP contribution in [0.1, 0.15) is 33.1 Å². The predicted octanol–water partition coefficient (Wildman–Crippen LogP) is 1.91. The second kappa shape index (κ2) is 2.65. The van der Waals surface area contributed by atoms with E-state index in [2.05, 4.69) is 6.07 Å². The van der Waals surface area contributed by atoms with Crippen LogP contribution in [0.15, 0.2) is 0 Å². The summed E-state index contributed by atoms with van der Waals surface area (Å²) in [6, 6.07) is 2.25. The molecule has 60 valence electrons. The van der Waals surface area contributed by atoms with Crippen LogP contribution in [-0.2, 0) is 4.79 Å². The predicted molar refractivity (Wildman–Crippen MR) is 41.7 cm³/mol. The first-order chi connectivity index (χ1) is 5.08. The van der Waals surface area contributed by atoms with E-state index < -0.39 is 0 Å². The monoisotopic (exact) mass is 151 g/mol. The Morgan fingerprint density at radius 1 is 1.73 bits per heavy atom. The number of Topliss-reactive ketones (excluding diaryl/α,β-unsaturated/α-hetero) is 1. The molecule has 2 nitrogen and oxygen atoms in total. The molecule has 2 heteroatoms. The lowest BCUT2D eigenvalue weighted by molar-refractivity contribution is -0.118. The van der Waals surface area contributed by atoms with Gasteiger partial charge in [0.15, 0.2) is 0 Å². The zero-order valence-electron chi connectivity index (χ0n) is 7.05. The van der Waals surface area contributed by atoms with Gasteiger partial charge in [0.2, 0.25) is 0 Å². The van der Waals surface area contributed by atoms with Gasteiger partial charge < -0.3 is 0 Å². The molecule has 0 aromatic rings. The summed E-state index contributed by atoms with van der Waals surface area (Å²) in [5.74, 6) is 0.609. The number of carbonyl (C=O) groups is 1. The molecule has 1 saturated carbocycles. The Morgan fingerprint density at radius 2 is 2.27 bits per heavy atom. The largest absolute Gasteiger partial charge is 0.300 e. The van der Waals surface area contributed by atoms with Gasteiger partial charge in [-0.2, -0.15) is 5.26 Å². The van der Waals surface area contributed by atoms with Crippen molar-refractivity contribution in [2.45, 2.75) is 33.1 Å². The Labute approximate surface area is 67.2 Å². The van der Waals surface area contributed by atoms with Crippen molar-refractivity contribution in [3.8, 4) is 6.07 Å². The number of hydrogen-bond acceptors (Lipinski definition) is 2. The van der Waals surface area contributed by atoms with Gasteiger partial charge in [-0.25, -0.2) is 0 Å². The van der Waals surface area contributed by atoms with Crippen molar-refractivity contribution in [1.29, 1.82) is 5.26 Å². The second-order valence-electron chi connectivity index (χ2n) is 3.68. The van der Waals surface area contributed by atoms with Gasteiger partial charge in [0.05, 0.1) is 11.5 Å². The Balaban J connectivity index is 2.60. The third kappa shape index (κ3) is 1.80. The fourth-order valence-electron chi connectivity index (χ4n) is 1.51. The third-order valence-corrected chi connectivity index (χ3v) is 2.35. The molecule has 0 radical (unpaired) electrons. The third-order valence-electron chi connectivity index (χ3n) is 2.35. The van der Waals surface area contributed by atoms with Crippen molar-refractivity contribution in [2.24, 2.45) is 11.3 Å². The van der Waals surface area contributed by atoms with Crippen LogP contribution in [0, 0.1) is 22.7 Å². The van der Waals surface area contributed by atoms with Crippen molar-refractivity contribution in [3.05, 3.63) is 0 Å². The van der Waals surface area contributed by atoms with E-state index in [1.165, 1.54) is 0 Å². The average molecular weight is 151 g/mol. The number of nitriles is 1. The number of ketones is 1. The Hall–Kier alpha value is -0.840. The quantitative estimate of drug-likeness (QED) is 0.618. The van der Waals surface area contributed by atoms with E-state index in [4.69, 9.17) is 5.26 Å². The van der Waals surface area contributed by atoms with Crippen LogP contribution in [0.25, 0.3) is 0 Å². The fraction of sp³-hybridized carbons (Fsp3) is 0.778. The van der Waals surface area contributed by atoms with Gasteiger partial charge in [-0.3, -0.25) is 4.79 Å². The smallest absolute Gasteiger partial charge is 0.131 e. The molecule has 0 bridgehead atoms. The van der Waals surface area contributed by atoms with Crippen LogP contribution in [0.3, 0.4) is 0 Å². The highest BCUT2D eigenvalue weighted by atomic mass is 16.1. The summed E-state index contributed by atoms with van der Waals surface area (Å²) in [6.45, 7) is 3.45. The molecular formula is C9H13NO. The highest BCUT2D eigenvalue weighted by molar-refractivity contribution is 5.76. The lowest BCUT2D eigenvalue weighted by Crippen LogP contribution is -2.19. The molecule has 0 aromatic carbocycles. The lowest BCUT2D eigenvalue weighted by Gasteiger charge is -2.18. The molecule has 1 fully saturated rings. The van der Waals surface area contributed by atoms with Gasteiger partial charge in [0.25, 0.3) is 0 Å². The van der Waals surface area contributed by atoms with Crippen molar-refractivity contribution >= 4 is 5.78 Å². The van der Waals surface area contributed by atoms with E-state index in [0.29, 0.717) is 12.3 Å². The first-order valence-electron chi connectivity index (χ1n) is 3.99. The summed E-state index contributed by atoms with van der Waals surface area (Å²) in [5, 5.41) is 8.84. The lowest BCUT2D eigenvalue weighted by atomic mass is 9.82. The molecule has 0 aromatic heterocycles. The summed E-state index contributed by atoms with van der Waals surface area (Å²) in [7, 11) is 0. The van der Waals surface area contributed by atoms with Gasteiger partial charge >= 0.3 is 0 Å². The average Bonchev–Trinajstić information content (AvgIpc) is 2.66. The molecule has 1 atom stereocenters. The molecule has 1 aliphatic rings. The zero-order valence-corrected chi connectivity index (χ0v) is 7.05. The Kier molecular flexibility index (Phi) is 1.99. The molecule has 0 spiro atoms. The Bertz CT molecular complexity index is 212. The summed E-state index contributed by atoms with van der Waals surface area (Å²) in [6.07, 6.45) is 2.67. The van der Waals surface area contributed by atoms with Gasteiger partial charge in [0.1, 0.15) is 5.78 Å². The highest BCUT2D eigenvalue weighted by Gasteiger charge is 2.42. The van der Waals surface area contributed by atoms with Crippen LogP contribution in [0.2, 0.25) is 0 Å². The van der Waals surface area contributed by atoms with E-state index in [1.807, 2.05) is 6.92 Å². The zero-order chi connectivity index (χ0) is 8.48. The minimum Gasteiger partial charge on any atom is -0.300 e. The maximum atomic E-state index is 10.8. The first kappa shape index (κ1) is 8.26. The minimum absolute atomic E-state index is 0.126. The van der Waals surface area contributed by atoms with Gasteiger partial charge in [-0.05, 0) is 32.6 Å². The van der Waals surface area contributed by atoms with Crippen molar-refractivity contribution in [3.63, 3.8) is 0 Å². The molecule has 1 aliphatic carbocycles. The van der Waals surface area contributed by atoms with Gasteiger partial charge in [-0.15, -0.1) is 0 Å². The van der Waals surface area contributed by atoms with E-state index >= 15 is 0 Å². The normalized spacial score (nSPS) is 21.9. The SMILES string of the molecule is CC(=O)CC(C)(C#N)C1CC1. The van der Waals surface area contributed by atoms with Crippen LogP contribution in [0.4, 0.5) is 0 Å². The maximum Gasteiger partial charge on any atom is 0.131 e. The number of nitrogens with zero attached hydrogens (tertiary/aromatic N) is 1. The molecule has 0 aliphatic heterocycles. The number of carbonyl (C=O) groups excluding carboxylic acids is 1. The van der Waals surface area contributed by atoms with Gasteiger partial charge in [-0.1, -0.05) is 0 Å². The standard InChI is InChI=1S/C9H13NO/c1-7(11)5-9(2,6-10)8-3-4-8/h8H,3-5H2,1-2H3. The molecule has 11 heavy (non-hydrogen) atoms. The molecule has 0 heterocycles. The summed E-state index contributed by atoms with van der Waals surface area (Å²) in [5.41, 5.74) is -0.369. The van der Waals surface area contributed by atoms with E-state index in [9.17, 15) is 4.79 Å². The van der Waals surface area contributed by atoms with E-state index in [1.54, 1.807) is 6.92 Å². The topological polar surface area (TPSA) is 40.9 Å². The molecule has 0 N–H and O–H groups in total. The van der Waals surface area contributed by atoms with Crippen molar-refractivity contribution in [1.82, 2.24) is 0 Å². The Morgan fingerprint density at radius 3 is 2.55 bits per heavy atom. The second-order valence-corrected chi connectivity index (χ2v) is 3.68. The number of hydrogen-bond donors (Lipinski definition) is 0. The fourth-order valence-corrected chi connectivity index (χ4v) is 1.51. The molecule has 1 rings (SSSR count). The highest BCUT2D eigenvalue weighted by Crippen LogP contribution is 2.47. The van der Waals surface area contributed by atoms with Crippen LogP contribution < -0.4 is 0 Å². The molecule has 0 saturated heterocycles. The van der Waals surface area contributed by atoms with Crippen LogP contribution >= 0.6 is 0 Å². The van der Waals surface area contributed by atoms with Crippen molar-refractivity contribution < 1.29 is 4.79 Å². The molecule has 0 amide bonds. The van der Waals surface area contributed by atoms with Crippen LogP contribution in [0.5, 0.6) is 0 Å². The summed E-state index contributed by atoms with van der Waals surface area (Å²) in [4.78, 5) is 10.8.